The van der Waals surface area contributed by atoms with Gasteiger partial charge in [0.05, 0.1) is 5.69 Å². The van der Waals surface area contributed by atoms with E-state index >= 15 is 0 Å². The largest absolute Gasteiger partial charge is 0.354 e. The molecular weight excluding hydrogens is 306 g/mol. The maximum atomic E-state index is 4.67. The first-order valence-electron chi connectivity index (χ1n) is 8.35. The molecule has 1 atom stereocenters. The molecule has 2 aromatic rings. The predicted molar refractivity (Wildman–Crippen MR) is 96.1 cm³/mol. The molecule has 0 bridgehead atoms. The van der Waals surface area contributed by atoms with Gasteiger partial charge in [-0.2, -0.15) is 0 Å². The van der Waals surface area contributed by atoms with Gasteiger partial charge in [0.25, 0.3) is 0 Å². The molecule has 0 N–H and O–H groups in total. The summed E-state index contributed by atoms with van der Waals surface area (Å²) < 4.78 is 2.15. The zero-order valence-electron chi connectivity index (χ0n) is 14.6. The third-order valence-corrected chi connectivity index (χ3v) is 5.94. The molecule has 0 spiro atoms. The Morgan fingerprint density at radius 2 is 2.22 bits per heavy atom. The Labute approximate surface area is 143 Å². The topological polar surface area (TPSA) is 37.2 Å². The highest BCUT2D eigenvalue weighted by Crippen LogP contribution is 2.28. The minimum absolute atomic E-state index is 0.714. The summed E-state index contributed by atoms with van der Waals surface area (Å²) in [5, 5.41) is 1.11. The van der Waals surface area contributed by atoms with Gasteiger partial charge in [-0.1, -0.05) is 0 Å². The summed E-state index contributed by atoms with van der Waals surface area (Å²) in [5.41, 5.74) is 1.19. The van der Waals surface area contributed by atoms with Crippen LogP contribution in [-0.4, -0.2) is 46.6 Å². The van der Waals surface area contributed by atoms with Crippen molar-refractivity contribution >= 4 is 16.5 Å². The van der Waals surface area contributed by atoms with Gasteiger partial charge in [-0.05, 0) is 32.2 Å². The quantitative estimate of drug-likeness (QED) is 0.843. The molecule has 0 unspecified atom stereocenters. The van der Waals surface area contributed by atoms with Crippen molar-refractivity contribution in [1.82, 2.24) is 19.4 Å². The van der Waals surface area contributed by atoms with E-state index < -0.39 is 0 Å². The van der Waals surface area contributed by atoms with Crippen LogP contribution < -0.4 is 4.90 Å². The van der Waals surface area contributed by atoms with E-state index in [2.05, 4.69) is 52.4 Å². The third-order valence-electron chi connectivity index (χ3n) is 4.63. The Kier molecular flexibility index (Phi) is 5.02. The molecular formula is C17H27N5S. The molecule has 5 nitrogen and oxygen atoms in total. The maximum absolute atomic E-state index is 4.67. The first-order valence-corrected chi connectivity index (χ1v) is 9.16. The minimum Gasteiger partial charge on any atom is -0.354 e. The van der Waals surface area contributed by atoms with Gasteiger partial charge in [0.15, 0.2) is 5.13 Å². The first-order chi connectivity index (χ1) is 11.0. The van der Waals surface area contributed by atoms with Crippen LogP contribution in [0.5, 0.6) is 0 Å². The number of nitrogens with zero attached hydrogens (tertiary/aromatic N) is 5. The van der Waals surface area contributed by atoms with E-state index in [0.29, 0.717) is 5.92 Å². The SMILES string of the molecule is Cc1nc(N(C)C)sc1CN1CCC[C@H](Cc2nccn2C)C1. The van der Waals surface area contributed by atoms with E-state index in [1.165, 1.54) is 42.3 Å². The highest BCUT2D eigenvalue weighted by molar-refractivity contribution is 7.15. The number of hydrogen-bond donors (Lipinski definition) is 0. The molecule has 3 heterocycles. The molecule has 0 saturated carbocycles. The van der Waals surface area contributed by atoms with Gasteiger partial charge < -0.3 is 9.47 Å². The average molecular weight is 334 g/mol. The molecule has 2 aromatic heterocycles. The number of piperidine rings is 1. The second-order valence-electron chi connectivity index (χ2n) is 6.80. The summed E-state index contributed by atoms with van der Waals surface area (Å²) in [4.78, 5) is 15.3. The molecule has 0 amide bonds. The molecule has 0 radical (unpaired) electrons. The summed E-state index contributed by atoms with van der Waals surface area (Å²) in [7, 11) is 6.21. The van der Waals surface area contributed by atoms with Crippen molar-refractivity contribution in [2.24, 2.45) is 13.0 Å². The maximum Gasteiger partial charge on any atom is 0.185 e. The van der Waals surface area contributed by atoms with Crippen LogP contribution in [0.4, 0.5) is 5.13 Å². The summed E-state index contributed by atoms with van der Waals surface area (Å²) in [6, 6.07) is 0. The van der Waals surface area contributed by atoms with Crippen molar-refractivity contribution in [2.75, 3.05) is 32.1 Å². The average Bonchev–Trinajstić information content (AvgIpc) is 3.07. The Hall–Kier alpha value is -1.40. The highest BCUT2D eigenvalue weighted by Gasteiger charge is 2.23. The van der Waals surface area contributed by atoms with Crippen LogP contribution in [0, 0.1) is 12.8 Å². The van der Waals surface area contributed by atoms with E-state index in [-0.39, 0.29) is 0 Å². The molecule has 23 heavy (non-hydrogen) atoms. The van der Waals surface area contributed by atoms with Crippen LogP contribution in [0.1, 0.15) is 29.2 Å². The number of aryl methyl sites for hydroxylation is 2. The van der Waals surface area contributed by atoms with Crippen molar-refractivity contribution in [3.8, 4) is 0 Å². The van der Waals surface area contributed by atoms with Crippen molar-refractivity contribution in [1.29, 1.82) is 0 Å². The van der Waals surface area contributed by atoms with Gasteiger partial charge in [-0.3, -0.25) is 4.90 Å². The van der Waals surface area contributed by atoms with Gasteiger partial charge in [0, 0.05) is 57.9 Å². The molecule has 1 saturated heterocycles. The summed E-state index contributed by atoms with van der Waals surface area (Å²) in [6.07, 6.45) is 7.63. The van der Waals surface area contributed by atoms with Crippen molar-refractivity contribution < 1.29 is 0 Å². The molecule has 1 aliphatic heterocycles. The van der Waals surface area contributed by atoms with Gasteiger partial charge in [-0.15, -0.1) is 11.3 Å². The van der Waals surface area contributed by atoms with Crippen LogP contribution in [0.3, 0.4) is 0 Å². The van der Waals surface area contributed by atoms with E-state index in [0.717, 1.165) is 18.1 Å². The van der Waals surface area contributed by atoms with Gasteiger partial charge in [0.1, 0.15) is 5.82 Å². The first kappa shape index (κ1) is 16.5. The number of aromatic nitrogens is 3. The van der Waals surface area contributed by atoms with Crippen LogP contribution >= 0.6 is 11.3 Å². The second kappa shape index (κ2) is 7.01. The summed E-state index contributed by atoms with van der Waals surface area (Å²) in [5.74, 6) is 1.92. The summed E-state index contributed by atoms with van der Waals surface area (Å²) >= 11 is 1.83. The van der Waals surface area contributed by atoms with Gasteiger partial charge in [0.2, 0.25) is 0 Å². The molecule has 126 valence electrons. The lowest BCUT2D eigenvalue weighted by molar-refractivity contribution is 0.166. The number of imidazole rings is 1. The number of anilines is 1. The number of hydrogen-bond acceptors (Lipinski definition) is 5. The lowest BCUT2D eigenvalue weighted by Crippen LogP contribution is -2.36. The molecule has 0 aliphatic carbocycles. The highest BCUT2D eigenvalue weighted by atomic mass is 32.1. The predicted octanol–water partition coefficient (Wildman–Crippen LogP) is 2.71. The monoisotopic (exact) mass is 333 g/mol. The molecule has 6 heteroatoms. The smallest absolute Gasteiger partial charge is 0.185 e. The Balaban J connectivity index is 1.61. The fourth-order valence-electron chi connectivity index (χ4n) is 3.27. The zero-order chi connectivity index (χ0) is 16.4. The molecule has 1 aliphatic rings. The van der Waals surface area contributed by atoms with Crippen LogP contribution in [0.2, 0.25) is 0 Å². The number of likely N-dealkylation sites (tertiary alicyclic amines) is 1. The normalized spacial score (nSPS) is 19.2. The third kappa shape index (κ3) is 3.93. The lowest BCUT2D eigenvalue weighted by Gasteiger charge is -2.32. The Bertz CT molecular complexity index is 645. The molecule has 1 fully saturated rings. The zero-order valence-corrected chi connectivity index (χ0v) is 15.4. The number of thiazole rings is 1. The van der Waals surface area contributed by atoms with Crippen molar-refractivity contribution in [2.45, 2.75) is 32.7 Å². The van der Waals surface area contributed by atoms with Crippen LogP contribution in [0.15, 0.2) is 12.4 Å². The van der Waals surface area contributed by atoms with E-state index in [1.807, 2.05) is 23.7 Å². The van der Waals surface area contributed by atoms with Crippen LogP contribution in [0.25, 0.3) is 0 Å². The second-order valence-corrected chi connectivity index (χ2v) is 7.86. The number of rotatable bonds is 5. The van der Waals surface area contributed by atoms with E-state index in [4.69, 9.17) is 0 Å². The van der Waals surface area contributed by atoms with Gasteiger partial charge in [-0.25, -0.2) is 9.97 Å². The molecule has 0 aromatic carbocycles. The van der Waals surface area contributed by atoms with Crippen LogP contribution in [-0.2, 0) is 20.0 Å². The minimum atomic E-state index is 0.714. The molecule has 3 rings (SSSR count). The van der Waals surface area contributed by atoms with Crippen molar-refractivity contribution in [3.63, 3.8) is 0 Å². The lowest BCUT2D eigenvalue weighted by atomic mass is 9.94. The Morgan fingerprint density at radius 1 is 1.39 bits per heavy atom. The Morgan fingerprint density at radius 3 is 2.87 bits per heavy atom. The van der Waals surface area contributed by atoms with E-state index in [1.54, 1.807) is 0 Å². The summed E-state index contributed by atoms with van der Waals surface area (Å²) in [6.45, 7) is 5.54. The van der Waals surface area contributed by atoms with E-state index in [9.17, 15) is 0 Å². The van der Waals surface area contributed by atoms with Crippen molar-refractivity contribution in [3.05, 3.63) is 28.8 Å². The fraction of sp³-hybridized carbons (Fsp3) is 0.647. The van der Waals surface area contributed by atoms with Gasteiger partial charge >= 0.3 is 0 Å². The standard InChI is InChI=1S/C17H27N5S/c1-13-15(23-17(19-13)20(2)3)12-22-8-5-6-14(11-22)10-16-18-7-9-21(16)4/h7,9,14H,5-6,8,10-12H2,1-4H3/t14-/m1/s1. The fourth-order valence-corrected chi connectivity index (χ4v) is 4.29.